The second kappa shape index (κ2) is 21.4. The Balaban J connectivity index is 0.000000449. The molecule has 2 aliphatic rings. The molecule has 1 aliphatic heterocycles. The van der Waals surface area contributed by atoms with Gasteiger partial charge < -0.3 is 58.2 Å². The van der Waals surface area contributed by atoms with Gasteiger partial charge >= 0.3 is 18.0 Å². The highest BCUT2D eigenvalue weighted by molar-refractivity contribution is 6.15. The number of amides is 3. The highest BCUT2D eigenvalue weighted by Gasteiger charge is 2.34. The van der Waals surface area contributed by atoms with Gasteiger partial charge in [0.15, 0.2) is 17.2 Å². The Kier molecular flexibility index (Phi) is 16.6. The van der Waals surface area contributed by atoms with E-state index in [1.165, 1.54) is 44.6 Å². The summed E-state index contributed by atoms with van der Waals surface area (Å²) < 4.78 is 32.6. The Hall–Kier alpha value is -5.94. The van der Waals surface area contributed by atoms with Crippen LogP contribution in [0.1, 0.15) is 57.8 Å². The number of esters is 1. The molecule has 0 bridgehead atoms. The first kappa shape index (κ1) is 46.7. The average Bonchev–Trinajstić information content (AvgIpc) is 3.97. The molecule has 2 aromatic carbocycles. The molecule has 17 nitrogen and oxygen atoms in total. The second-order valence-corrected chi connectivity index (χ2v) is 14.0. The van der Waals surface area contributed by atoms with Crippen LogP contribution in [0.25, 0.3) is 21.8 Å². The number of carboxylic acids is 1. The topological polar surface area (TPSA) is 202 Å². The number of hydrogen-bond donors (Lipinski definition) is 3. The van der Waals surface area contributed by atoms with Crippen LogP contribution in [0, 0.1) is 12.8 Å². The van der Waals surface area contributed by atoms with Gasteiger partial charge in [0, 0.05) is 69.8 Å². The Morgan fingerprint density at radius 1 is 0.917 bits per heavy atom. The van der Waals surface area contributed by atoms with Crippen LogP contribution in [0.4, 0.5) is 10.5 Å². The number of fused-ring (bicyclic) bond motifs is 4. The molecule has 0 spiro atoms. The Labute approximate surface area is 353 Å². The van der Waals surface area contributed by atoms with E-state index < -0.39 is 18.0 Å². The lowest BCUT2D eigenvalue weighted by Crippen LogP contribution is -2.36. The van der Waals surface area contributed by atoms with E-state index in [2.05, 4.69) is 21.6 Å². The van der Waals surface area contributed by atoms with Crippen LogP contribution >= 0.6 is 11.6 Å². The summed E-state index contributed by atoms with van der Waals surface area (Å²) in [5, 5.41) is 10.0. The molecular formula is C42H54ClN5O12. The number of ether oxygens (including phenoxy) is 6. The fourth-order valence-corrected chi connectivity index (χ4v) is 7.23. The lowest BCUT2D eigenvalue weighted by molar-refractivity contribution is -0.142. The van der Waals surface area contributed by atoms with Gasteiger partial charge in [-0.25, -0.2) is 9.59 Å². The Bertz CT molecular complexity index is 2220. The van der Waals surface area contributed by atoms with Crippen molar-refractivity contribution in [1.82, 2.24) is 19.8 Å². The van der Waals surface area contributed by atoms with Crippen molar-refractivity contribution in [3.8, 4) is 23.0 Å². The molecule has 1 aliphatic carbocycles. The number of allylic oxidation sites excluding steroid dienone is 1. The molecule has 0 radical (unpaired) electrons. The summed E-state index contributed by atoms with van der Waals surface area (Å²) in [4.78, 5) is 72.5. The minimum atomic E-state index is -0.677. The largest absolute Gasteiger partial charge is 0.493 e. The third-order valence-electron chi connectivity index (χ3n) is 10.4. The zero-order chi connectivity index (χ0) is 44.3. The van der Waals surface area contributed by atoms with Crippen molar-refractivity contribution >= 4 is 69.4 Å². The number of hydrogen-bond acceptors (Lipinski definition) is 11. The number of rotatable bonds is 12. The van der Waals surface area contributed by atoms with Gasteiger partial charge in [0.05, 0.1) is 62.7 Å². The lowest BCUT2D eigenvalue weighted by atomic mass is 9.93. The number of benzene rings is 2. The number of aliphatic carboxylic acids is 1. The van der Waals surface area contributed by atoms with Gasteiger partial charge in [-0.2, -0.15) is 0 Å². The number of carbonyl (C=O) groups excluding carboxylic acids is 4. The van der Waals surface area contributed by atoms with Crippen molar-refractivity contribution in [1.29, 1.82) is 0 Å². The quantitative estimate of drug-likeness (QED) is 0.0633. The molecule has 2 atom stereocenters. The maximum atomic E-state index is 14.1. The molecule has 326 valence electrons. The predicted octanol–water partition coefficient (Wildman–Crippen LogP) is 6.18. The van der Waals surface area contributed by atoms with E-state index in [1.54, 1.807) is 51.2 Å². The zero-order valence-electron chi connectivity index (χ0n) is 35.4. The summed E-state index contributed by atoms with van der Waals surface area (Å²) in [6.45, 7) is 2.56. The number of anilines is 1. The fraction of sp³-hybridized carbons (Fsp3) is 0.452. The van der Waals surface area contributed by atoms with Gasteiger partial charge in [0.1, 0.15) is 5.69 Å². The van der Waals surface area contributed by atoms with Crippen molar-refractivity contribution in [2.75, 3.05) is 80.6 Å². The first-order chi connectivity index (χ1) is 28.8. The monoisotopic (exact) mass is 855 g/mol. The predicted molar refractivity (Wildman–Crippen MR) is 226 cm³/mol. The van der Waals surface area contributed by atoms with Crippen molar-refractivity contribution in [3.05, 3.63) is 52.9 Å². The number of halogens is 1. The molecule has 0 saturated carbocycles. The number of aryl methyl sites for hydroxylation is 1. The van der Waals surface area contributed by atoms with Crippen molar-refractivity contribution in [3.63, 3.8) is 0 Å². The number of aromatic nitrogens is 2. The third-order valence-corrected chi connectivity index (χ3v) is 10.4. The van der Waals surface area contributed by atoms with Gasteiger partial charge in [0.2, 0.25) is 12.2 Å². The Morgan fingerprint density at radius 3 is 2.25 bits per heavy atom. The molecule has 2 aromatic heterocycles. The minimum absolute atomic E-state index is 0.0992. The van der Waals surface area contributed by atoms with E-state index in [0.29, 0.717) is 81.9 Å². The normalized spacial score (nSPS) is 16.1. The van der Waals surface area contributed by atoms with Gasteiger partial charge in [-0.05, 0) is 56.7 Å². The average molecular weight is 856 g/mol. The molecule has 60 heavy (non-hydrogen) atoms. The number of carbonyl (C=O) groups is 5. The van der Waals surface area contributed by atoms with Gasteiger partial charge in [0.25, 0.3) is 5.91 Å². The summed E-state index contributed by atoms with van der Waals surface area (Å²) in [7, 11) is 10.6. The van der Waals surface area contributed by atoms with Crippen LogP contribution in [-0.4, -0.2) is 137 Å². The van der Waals surface area contributed by atoms with Crippen LogP contribution in [0.3, 0.4) is 0 Å². The van der Waals surface area contributed by atoms with Crippen LogP contribution in [0.2, 0.25) is 0 Å². The van der Waals surface area contributed by atoms with Gasteiger partial charge in [-0.15, -0.1) is 11.6 Å². The van der Waals surface area contributed by atoms with E-state index >= 15 is 0 Å². The van der Waals surface area contributed by atoms with Crippen LogP contribution in [-0.2, 0) is 25.5 Å². The molecule has 18 heteroatoms. The summed E-state index contributed by atoms with van der Waals surface area (Å²) in [5.74, 6) is -0.424. The van der Waals surface area contributed by atoms with Crippen LogP contribution in [0.5, 0.6) is 23.0 Å². The molecule has 0 fully saturated rings. The highest BCUT2D eigenvalue weighted by atomic mass is 35.5. The van der Waals surface area contributed by atoms with Crippen molar-refractivity contribution < 1.29 is 57.5 Å². The molecule has 3 heterocycles. The fourth-order valence-electron chi connectivity index (χ4n) is 7.23. The number of methoxy groups -OCH3 is 5. The highest BCUT2D eigenvalue weighted by Crippen LogP contribution is 2.45. The molecule has 6 rings (SSSR count). The molecule has 0 saturated heterocycles. The molecular weight excluding hydrogens is 802 g/mol. The first-order valence-electron chi connectivity index (χ1n) is 19.1. The summed E-state index contributed by atoms with van der Waals surface area (Å²) in [5.41, 5.74) is 3.32. The van der Waals surface area contributed by atoms with E-state index in [4.69, 9.17) is 33.5 Å². The maximum absolute atomic E-state index is 14.1. The summed E-state index contributed by atoms with van der Waals surface area (Å²) in [6.07, 6.45) is 9.17. The van der Waals surface area contributed by atoms with Crippen molar-refractivity contribution in [2.45, 2.75) is 45.1 Å². The summed E-state index contributed by atoms with van der Waals surface area (Å²) in [6, 6.07) is 5.07. The van der Waals surface area contributed by atoms with Gasteiger partial charge in [-0.3, -0.25) is 14.4 Å². The lowest BCUT2D eigenvalue weighted by Gasteiger charge is -2.21. The van der Waals surface area contributed by atoms with Crippen LogP contribution in [0.15, 0.2) is 30.4 Å². The number of carboxylic acid groups (broad SMARTS) is 1. The van der Waals surface area contributed by atoms with Crippen molar-refractivity contribution in [2.24, 2.45) is 5.92 Å². The number of alkyl halides is 1. The number of nitrogens with zero attached hydrogens (tertiary/aromatic N) is 3. The number of nitrogens with one attached hydrogen (secondary N) is 2. The number of H-pyrrole nitrogens is 2. The molecule has 4 aromatic rings. The van der Waals surface area contributed by atoms with Gasteiger partial charge in [-0.1, -0.05) is 12.2 Å². The summed E-state index contributed by atoms with van der Waals surface area (Å²) >= 11 is 4.64. The van der Waals surface area contributed by atoms with Crippen LogP contribution < -0.4 is 23.8 Å². The van der Waals surface area contributed by atoms with E-state index in [0.717, 1.165) is 31.2 Å². The first-order valence-corrected chi connectivity index (χ1v) is 19.9. The molecule has 3 amide bonds. The second-order valence-electron chi connectivity index (χ2n) is 14.0. The minimum Gasteiger partial charge on any atom is -0.493 e. The number of likely N-dealkylation sites (N-methyl/N-ethyl adjacent to an activating group) is 2. The van der Waals surface area contributed by atoms with E-state index in [-0.39, 0.29) is 35.9 Å². The SMILES string of the molecule is CCl.COC(=O)c1c(C)[nH]c2c(OC(=O)N(C)CCN(C)C=O)cc3c(c12)CCN3C(=O)c1cc2cc(OC)c(OC)c(OC)c2[nH]1.COC1/C=C/CC[C@H](C(=O)O)CC1. The molecule has 1 unspecified atom stereocenters. The Morgan fingerprint density at radius 2 is 1.63 bits per heavy atom. The van der Waals surface area contributed by atoms with E-state index in [1.807, 2.05) is 12.2 Å². The van der Waals surface area contributed by atoms with E-state index in [9.17, 15) is 24.0 Å². The third kappa shape index (κ3) is 10.1. The smallest absolute Gasteiger partial charge is 0.415 e. The zero-order valence-corrected chi connectivity index (χ0v) is 36.2. The molecule has 3 N–H and O–H groups in total. The maximum Gasteiger partial charge on any atom is 0.415 e. The number of aromatic amines is 2. The standard InChI is InChI=1S/C31H35N5O9.C10H16O3.CH3Cl/c1-16-23(30(39)44-7)24-18-8-9-36(20(18)14-21(26(24)32-16)45-31(40)35(3)11-10-34(2)15-37)29(38)19-12-17-13-22(41-4)27(42-5)28(43-6)25(17)33-19;1-13-9-5-3-2-4-8(6-7-9)10(11)12;1-2/h12-15,32-33H,8-11H2,1-7H3;3,5,8-9H,2,4,6-7H2,1H3,(H,11,12);1H3/b;5-3+;/t;8-,9?;/m.0./s1.